The molecule has 1 aliphatic heterocycles. The number of fused-ring (bicyclic) bond motifs is 1. The quantitative estimate of drug-likeness (QED) is 0.131. The van der Waals surface area contributed by atoms with Crippen molar-refractivity contribution in [3.05, 3.63) is 39.5 Å². The van der Waals surface area contributed by atoms with Crippen LogP contribution in [0.2, 0.25) is 0 Å². The van der Waals surface area contributed by atoms with Gasteiger partial charge in [0.15, 0.2) is 6.61 Å². The molecule has 2 atom stereocenters. The summed E-state index contributed by atoms with van der Waals surface area (Å²) in [5.41, 5.74) is 4.28. The van der Waals surface area contributed by atoms with Gasteiger partial charge in [0.1, 0.15) is 24.0 Å². The standard InChI is InChI=1S/C25H36F3N2O7P/c1-6-18-16(4)20-13-36-24(33)21(20)22(31)19(18)9-8-15(3)12-29-10-11-38(34,37-14-25(26,27)28)30-17(5)23(32)35-7-2/h8,17,29,31H,6-7,9-14H2,1-5H3,(H,30,34)/t17-,38?/m0/s1. The predicted molar refractivity (Wildman–Crippen MR) is 135 cm³/mol. The van der Waals surface area contributed by atoms with Gasteiger partial charge in [-0.1, -0.05) is 18.6 Å². The molecule has 0 radical (unpaired) electrons. The molecule has 13 heteroatoms. The van der Waals surface area contributed by atoms with Crippen molar-refractivity contribution in [1.82, 2.24) is 10.4 Å². The van der Waals surface area contributed by atoms with Crippen LogP contribution in [0.4, 0.5) is 13.2 Å². The smallest absolute Gasteiger partial charge is 0.412 e. The van der Waals surface area contributed by atoms with Crippen LogP contribution < -0.4 is 10.4 Å². The number of esters is 2. The number of hydrogen-bond donors (Lipinski definition) is 3. The molecule has 2 rings (SSSR count). The van der Waals surface area contributed by atoms with Crippen molar-refractivity contribution in [2.24, 2.45) is 0 Å². The van der Waals surface area contributed by atoms with Crippen molar-refractivity contribution in [3.8, 4) is 5.75 Å². The Morgan fingerprint density at radius 3 is 2.58 bits per heavy atom. The Labute approximate surface area is 220 Å². The van der Waals surface area contributed by atoms with E-state index in [0.717, 1.165) is 16.7 Å². The summed E-state index contributed by atoms with van der Waals surface area (Å²) in [6.07, 6.45) is -2.10. The lowest BCUT2D eigenvalue weighted by molar-refractivity contribution is -0.153. The number of aromatic hydroxyl groups is 1. The normalized spacial score (nSPS) is 16.1. The van der Waals surface area contributed by atoms with Crippen LogP contribution in [0.25, 0.3) is 0 Å². The molecule has 3 N–H and O–H groups in total. The molecule has 0 bridgehead atoms. The number of carbonyl (C=O) groups is 2. The minimum atomic E-state index is -4.69. The van der Waals surface area contributed by atoms with E-state index < -0.39 is 38.3 Å². The molecule has 38 heavy (non-hydrogen) atoms. The van der Waals surface area contributed by atoms with Gasteiger partial charge in [0.2, 0.25) is 0 Å². The molecule has 0 spiro atoms. The summed E-state index contributed by atoms with van der Waals surface area (Å²) in [5.74, 6) is -1.37. The van der Waals surface area contributed by atoms with Crippen LogP contribution >= 0.6 is 7.52 Å². The molecule has 0 amide bonds. The lowest BCUT2D eigenvalue weighted by Crippen LogP contribution is -2.36. The first kappa shape index (κ1) is 31.8. The van der Waals surface area contributed by atoms with Crippen LogP contribution in [0, 0.1) is 6.92 Å². The van der Waals surface area contributed by atoms with Gasteiger partial charge in [0.25, 0.3) is 7.52 Å². The molecule has 0 aliphatic carbocycles. The van der Waals surface area contributed by atoms with E-state index in [2.05, 4.69) is 10.4 Å². The lowest BCUT2D eigenvalue weighted by Gasteiger charge is -2.23. The number of hydrogen-bond acceptors (Lipinski definition) is 8. The number of alkyl halides is 3. The molecule has 1 aromatic carbocycles. The van der Waals surface area contributed by atoms with E-state index in [1.807, 2.05) is 26.8 Å². The largest absolute Gasteiger partial charge is 0.507 e. The zero-order valence-electron chi connectivity index (χ0n) is 22.3. The molecule has 0 fully saturated rings. The molecule has 1 aromatic rings. The monoisotopic (exact) mass is 564 g/mol. The van der Waals surface area contributed by atoms with Crippen LogP contribution in [-0.2, 0) is 42.8 Å². The van der Waals surface area contributed by atoms with Gasteiger partial charge in [-0.3, -0.25) is 9.36 Å². The fraction of sp³-hybridized carbons (Fsp3) is 0.600. The number of cyclic esters (lactones) is 1. The fourth-order valence-electron chi connectivity index (χ4n) is 4.16. The summed E-state index contributed by atoms with van der Waals surface area (Å²) in [6.45, 7) is 7.45. The molecule has 0 saturated heterocycles. The Bertz CT molecular complexity index is 1110. The van der Waals surface area contributed by atoms with E-state index in [4.69, 9.17) is 14.0 Å². The summed E-state index contributed by atoms with van der Waals surface area (Å²) < 4.78 is 65.7. The first-order chi connectivity index (χ1) is 17.7. The SMILES string of the molecule is CCOC(=O)[C@H](C)NP(=O)(CCNCC(C)=CCc1c(O)c2c(c(C)c1CC)COC2=O)OCC(F)(F)F. The topological polar surface area (TPSA) is 123 Å². The second-order valence-electron chi connectivity index (χ2n) is 9.03. The van der Waals surface area contributed by atoms with E-state index in [1.54, 1.807) is 6.92 Å². The van der Waals surface area contributed by atoms with Crippen LogP contribution in [-0.4, -0.2) is 61.7 Å². The fourth-order valence-corrected chi connectivity index (χ4v) is 6.00. The highest BCUT2D eigenvalue weighted by Crippen LogP contribution is 2.44. The first-order valence-electron chi connectivity index (χ1n) is 12.4. The molecule has 9 nitrogen and oxygen atoms in total. The number of halogens is 3. The molecule has 1 aliphatic rings. The zero-order valence-corrected chi connectivity index (χ0v) is 23.2. The average Bonchev–Trinajstić information content (AvgIpc) is 3.23. The number of allylic oxidation sites excluding steroid dienone is 1. The number of rotatable bonds is 14. The summed E-state index contributed by atoms with van der Waals surface area (Å²) in [4.78, 5) is 23.9. The lowest BCUT2D eigenvalue weighted by atomic mass is 9.89. The summed E-state index contributed by atoms with van der Waals surface area (Å²) in [6, 6.07) is -1.12. The van der Waals surface area contributed by atoms with Gasteiger partial charge in [-0.25, -0.2) is 9.88 Å². The molecule has 1 unspecified atom stereocenters. The second kappa shape index (κ2) is 13.6. The van der Waals surface area contributed by atoms with Gasteiger partial charge in [-0.05, 0) is 51.7 Å². The van der Waals surface area contributed by atoms with Crippen molar-refractivity contribution in [1.29, 1.82) is 0 Å². The van der Waals surface area contributed by atoms with E-state index in [-0.39, 0.29) is 37.2 Å². The molecule has 0 saturated carbocycles. The average molecular weight is 565 g/mol. The van der Waals surface area contributed by atoms with Gasteiger partial charge in [0, 0.05) is 24.2 Å². The zero-order chi connectivity index (χ0) is 28.7. The van der Waals surface area contributed by atoms with E-state index in [1.165, 1.54) is 6.92 Å². The van der Waals surface area contributed by atoms with Crippen molar-refractivity contribution >= 4 is 19.5 Å². The molecular weight excluding hydrogens is 528 g/mol. The Balaban J connectivity index is 2.03. The Morgan fingerprint density at radius 2 is 1.97 bits per heavy atom. The van der Waals surface area contributed by atoms with Crippen LogP contribution in [0.3, 0.4) is 0 Å². The third kappa shape index (κ3) is 8.56. The summed E-state index contributed by atoms with van der Waals surface area (Å²) >= 11 is 0. The van der Waals surface area contributed by atoms with Crippen molar-refractivity contribution in [2.45, 2.75) is 66.3 Å². The summed E-state index contributed by atoms with van der Waals surface area (Å²) in [7, 11) is -4.04. The summed E-state index contributed by atoms with van der Waals surface area (Å²) in [5, 5.41) is 16.2. The maximum atomic E-state index is 13.0. The number of carbonyl (C=O) groups excluding carboxylic acids is 2. The van der Waals surface area contributed by atoms with Crippen molar-refractivity contribution < 1.29 is 46.4 Å². The van der Waals surface area contributed by atoms with Gasteiger partial charge < -0.3 is 24.4 Å². The highest BCUT2D eigenvalue weighted by molar-refractivity contribution is 7.56. The number of nitrogens with one attached hydrogen (secondary N) is 2. The van der Waals surface area contributed by atoms with Gasteiger partial charge >= 0.3 is 18.1 Å². The first-order valence-corrected chi connectivity index (χ1v) is 14.2. The van der Waals surface area contributed by atoms with Crippen LogP contribution in [0.15, 0.2) is 11.6 Å². The van der Waals surface area contributed by atoms with E-state index in [0.29, 0.717) is 30.5 Å². The van der Waals surface area contributed by atoms with Crippen LogP contribution in [0.5, 0.6) is 5.75 Å². The number of ether oxygens (including phenoxy) is 2. The maximum absolute atomic E-state index is 13.0. The number of phenols is 1. The molecule has 1 heterocycles. The minimum absolute atomic E-state index is 0.0398. The molecular formula is C25H36F3N2O7P. The maximum Gasteiger partial charge on any atom is 0.412 e. The molecule has 0 aromatic heterocycles. The van der Waals surface area contributed by atoms with Gasteiger partial charge in [0.05, 0.1) is 12.8 Å². The number of benzene rings is 1. The van der Waals surface area contributed by atoms with Crippen molar-refractivity contribution in [3.63, 3.8) is 0 Å². The van der Waals surface area contributed by atoms with Crippen molar-refractivity contribution in [2.75, 3.05) is 32.5 Å². The Hall–Kier alpha value is -2.40. The van der Waals surface area contributed by atoms with E-state index in [9.17, 15) is 32.4 Å². The highest BCUT2D eigenvalue weighted by atomic mass is 31.2. The third-order valence-electron chi connectivity index (χ3n) is 6.11. The highest BCUT2D eigenvalue weighted by Gasteiger charge is 2.35. The van der Waals surface area contributed by atoms with Gasteiger partial charge in [-0.2, -0.15) is 13.2 Å². The predicted octanol–water partition coefficient (Wildman–Crippen LogP) is 4.33. The Kier molecular flexibility index (Phi) is 11.4. The van der Waals surface area contributed by atoms with E-state index >= 15 is 0 Å². The molecule has 214 valence electrons. The minimum Gasteiger partial charge on any atom is -0.507 e. The van der Waals surface area contributed by atoms with Crippen LogP contribution in [0.1, 0.15) is 60.3 Å². The third-order valence-corrected chi connectivity index (χ3v) is 8.25. The van der Waals surface area contributed by atoms with Gasteiger partial charge in [-0.15, -0.1) is 0 Å². The Morgan fingerprint density at radius 1 is 1.29 bits per heavy atom. The second-order valence-corrected chi connectivity index (χ2v) is 11.3. The number of phenolic OH excluding ortho intramolecular Hbond substituents is 1.